The maximum atomic E-state index is 13.2. The molecule has 25 heavy (non-hydrogen) atoms. The zero-order chi connectivity index (χ0) is 17.6. The van der Waals surface area contributed by atoms with Crippen LogP contribution in [0.15, 0.2) is 35.3 Å². The highest BCUT2D eigenvalue weighted by Crippen LogP contribution is 2.34. The average molecular weight is 469 g/mol. The number of hydrogen-bond donors (Lipinski definition) is 2. The fourth-order valence-electron chi connectivity index (χ4n) is 2.50. The van der Waals surface area contributed by atoms with Crippen molar-refractivity contribution in [3.8, 4) is 5.75 Å². The molecule has 1 aromatic carbocycles. The highest BCUT2D eigenvalue weighted by molar-refractivity contribution is 14.0. The molecule has 0 fully saturated rings. The molecule has 0 bridgehead atoms. The van der Waals surface area contributed by atoms with Gasteiger partial charge in [0, 0.05) is 12.6 Å². The smallest absolute Gasteiger partial charge is 0.416 e. The SMILES string of the molecule is CCNC(=NCc1ccc(OC)cc1C(F)(F)F)NC1CC=CC1.I. The molecular formula is C17H23F3IN3O. The van der Waals surface area contributed by atoms with Crippen LogP contribution in [-0.2, 0) is 12.7 Å². The zero-order valence-electron chi connectivity index (χ0n) is 14.2. The van der Waals surface area contributed by atoms with Crippen LogP contribution in [0.3, 0.4) is 0 Å². The maximum absolute atomic E-state index is 13.2. The van der Waals surface area contributed by atoms with Gasteiger partial charge in [-0.05, 0) is 37.5 Å². The minimum absolute atomic E-state index is 0. The summed E-state index contributed by atoms with van der Waals surface area (Å²) < 4.78 is 44.6. The zero-order valence-corrected chi connectivity index (χ0v) is 16.5. The van der Waals surface area contributed by atoms with Crippen molar-refractivity contribution in [3.05, 3.63) is 41.5 Å². The predicted octanol–water partition coefficient (Wildman–Crippen LogP) is 4.11. The summed E-state index contributed by atoms with van der Waals surface area (Å²) in [6.07, 6.45) is 1.49. The lowest BCUT2D eigenvalue weighted by Crippen LogP contribution is -2.42. The summed E-state index contributed by atoms with van der Waals surface area (Å²) >= 11 is 0. The molecule has 0 amide bonds. The Morgan fingerprint density at radius 1 is 1.28 bits per heavy atom. The lowest BCUT2D eigenvalue weighted by molar-refractivity contribution is -0.138. The number of methoxy groups -OCH3 is 1. The van der Waals surface area contributed by atoms with E-state index in [4.69, 9.17) is 4.74 Å². The van der Waals surface area contributed by atoms with E-state index < -0.39 is 11.7 Å². The van der Waals surface area contributed by atoms with Gasteiger partial charge in [0.2, 0.25) is 0 Å². The molecule has 0 saturated carbocycles. The number of nitrogens with one attached hydrogen (secondary N) is 2. The summed E-state index contributed by atoms with van der Waals surface area (Å²) in [7, 11) is 1.34. The Labute approximate surface area is 162 Å². The molecule has 1 aliphatic carbocycles. The summed E-state index contributed by atoms with van der Waals surface area (Å²) in [5.41, 5.74) is -0.603. The molecule has 0 unspecified atom stereocenters. The van der Waals surface area contributed by atoms with E-state index in [9.17, 15) is 13.2 Å². The first kappa shape index (κ1) is 21.6. The molecule has 0 aliphatic heterocycles. The molecule has 4 nitrogen and oxygen atoms in total. The Morgan fingerprint density at radius 3 is 2.52 bits per heavy atom. The standard InChI is InChI=1S/C17H22F3N3O.HI/c1-3-21-16(23-13-6-4-5-7-13)22-11-12-8-9-14(24-2)10-15(12)17(18,19)20;/h4-5,8-10,13H,3,6-7,11H2,1-2H3,(H2,21,22,23);1H. The van der Waals surface area contributed by atoms with E-state index in [0.717, 1.165) is 18.9 Å². The molecule has 8 heteroatoms. The van der Waals surface area contributed by atoms with Crippen LogP contribution >= 0.6 is 24.0 Å². The molecule has 0 atom stereocenters. The summed E-state index contributed by atoms with van der Waals surface area (Å²) in [5.74, 6) is 0.701. The van der Waals surface area contributed by atoms with Crippen molar-refractivity contribution < 1.29 is 17.9 Å². The number of aliphatic imine (C=N–C) groups is 1. The number of ether oxygens (including phenoxy) is 1. The van der Waals surface area contributed by atoms with E-state index >= 15 is 0 Å². The molecule has 140 valence electrons. The molecule has 0 spiro atoms. The Kier molecular flexibility index (Phi) is 8.54. The van der Waals surface area contributed by atoms with Crippen molar-refractivity contribution in [2.24, 2.45) is 4.99 Å². The van der Waals surface area contributed by atoms with Crippen molar-refractivity contribution in [1.82, 2.24) is 10.6 Å². The van der Waals surface area contributed by atoms with Gasteiger partial charge in [0.05, 0.1) is 19.2 Å². The monoisotopic (exact) mass is 469 g/mol. The van der Waals surface area contributed by atoms with Crippen LogP contribution in [0.4, 0.5) is 13.2 Å². The van der Waals surface area contributed by atoms with E-state index in [1.165, 1.54) is 19.2 Å². The molecule has 2 N–H and O–H groups in total. The van der Waals surface area contributed by atoms with Gasteiger partial charge in [0.15, 0.2) is 5.96 Å². The van der Waals surface area contributed by atoms with Gasteiger partial charge in [-0.2, -0.15) is 13.2 Å². The maximum Gasteiger partial charge on any atom is 0.416 e. The lowest BCUT2D eigenvalue weighted by atomic mass is 10.1. The summed E-state index contributed by atoms with van der Waals surface area (Å²) in [6.45, 7) is 2.49. The molecular weight excluding hydrogens is 446 g/mol. The van der Waals surface area contributed by atoms with Crippen LogP contribution in [-0.4, -0.2) is 25.7 Å². The number of benzene rings is 1. The van der Waals surface area contributed by atoms with Crippen molar-refractivity contribution in [3.63, 3.8) is 0 Å². The lowest BCUT2D eigenvalue weighted by Gasteiger charge is -2.17. The first-order valence-corrected chi connectivity index (χ1v) is 7.88. The van der Waals surface area contributed by atoms with Crippen LogP contribution in [0, 0.1) is 0 Å². The number of hydrogen-bond acceptors (Lipinski definition) is 2. The average Bonchev–Trinajstić information content (AvgIpc) is 3.05. The molecule has 1 aromatic rings. The second kappa shape index (κ2) is 9.88. The number of halogens is 4. The van der Waals surface area contributed by atoms with Gasteiger partial charge in [0.25, 0.3) is 0 Å². The minimum Gasteiger partial charge on any atom is -0.497 e. The molecule has 0 aromatic heterocycles. The van der Waals surface area contributed by atoms with Crippen molar-refractivity contribution >= 4 is 29.9 Å². The Hall–Kier alpha value is -1.45. The first-order chi connectivity index (χ1) is 11.4. The predicted molar refractivity (Wildman–Crippen MR) is 104 cm³/mol. The second-order valence-corrected chi connectivity index (χ2v) is 5.50. The van der Waals surface area contributed by atoms with Gasteiger partial charge in [-0.3, -0.25) is 0 Å². The third kappa shape index (κ3) is 6.41. The van der Waals surface area contributed by atoms with Crippen LogP contribution in [0.5, 0.6) is 5.75 Å². The summed E-state index contributed by atoms with van der Waals surface area (Å²) in [6, 6.07) is 4.17. The highest BCUT2D eigenvalue weighted by Gasteiger charge is 2.33. The minimum atomic E-state index is -4.44. The number of guanidine groups is 1. The molecule has 1 aliphatic rings. The van der Waals surface area contributed by atoms with E-state index in [2.05, 4.69) is 27.8 Å². The van der Waals surface area contributed by atoms with Crippen LogP contribution in [0.2, 0.25) is 0 Å². The van der Waals surface area contributed by atoms with Crippen molar-refractivity contribution in [2.75, 3.05) is 13.7 Å². The molecule has 0 heterocycles. The third-order valence-corrected chi connectivity index (χ3v) is 3.72. The van der Waals surface area contributed by atoms with Crippen LogP contribution in [0.25, 0.3) is 0 Å². The second-order valence-electron chi connectivity index (χ2n) is 5.50. The van der Waals surface area contributed by atoms with Gasteiger partial charge < -0.3 is 15.4 Å². The normalized spacial score (nSPS) is 15.0. The van der Waals surface area contributed by atoms with Gasteiger partial charge in [0.1, 0.15) is 5.75 Å². The van der Waals surface area contributed by atoms with E-state index in [1.54, 1.807) is 0 Å². The summed E-state index contributed by atoms with van der Waals surface area (Å²) in [4.78, 5) is 4.30. The van der Waals surface area contributed by atoms with Gasteiger partial charge >= 0.3 is 6.18 Å². The van der Waals surface area contributed by atoms with Crippen molar-refractivity contribution in [1.29, 1.82) is 0 Å². The molecule has 0 saturated heterocycles. The summed E-state index contributed by atoms with van der Waals surface area (Å²) in [5, 5.41) is 6.30. The van der Waals surface area contributed by atoms with Crippen molar-refractivity contribution in [2.45, 2.75) is 38.5 Å². The largest absolute Gasteiger partial charge is 0.497 e. The van der Waals surface area contributed by atoms with Gasteiger partial charge in [-0.25, -0.2) is 4.99 Å². The first-order valence-electron chi connectivity index (χ1n) is 7.88. The number of rotatable bonds is 5. The number of alkyl halides is 3. The van der Waals surface area contributed by atoms with E-state index in [1.807, 2.05) is 6.92 Å². The van der Waals surface area contributed by atoms with E-state index in [-0.39, 0.29) is 47.9 Å². The molecule has 0 radical (unpaired) electrons. The fourth-order valence-corrected chi connectivity index (χ4v) is 2.50. The van der Waals surface area contributed by atoms with Gasteiger partial charge in [-0.1, -0.05) is 18.2 Å². The Morgan fingerprint density at radius 2 is 1.96 bits per heavy atom. The Balaban J connectivity index is 0.00000312. The van der Waals surface area contributed by atoms with Crippen LogP contribution in [0.1, 0.15) is 30.9 Å². The third-order valence-electron chi connectivity index (χ3n) is 3.72. The fraction of sp³-hybridized carbons (Fsp3) is 0.471. The topological polar surface area (TPSA) is 45.7 Å². The van der Waals surface area contributed by atoms with Crippen LogP contribution < -0.4 is 15.4 Å². The quantitative estimate of drug-likeness (QED) is 0.296. The Bertz CT molecular complexity index is 610. The highest BCUT2D eigenvalue weighted by atomic mass is 127. The van der Waals surface area contributed by atoms with Gasteiger partial charge in [-0.15, -0.1) is 24.0 Å². The number of nitrogens with zero attached hydrogens (tertiary/aromatic N) is 1. The molecule has 2 rings (SSSR count). The van der Waals surface area contributed by atoms with E-state index in [0.29, 0.717) is 12.5 Å².